The molecule has 0 radical (unpaired) electrons. The number of benzene rings is 4. The number of hydrogen-bond donors (Lipinski definition) is 6. The first-order valence-electron chi connectivity index (χ1n) is 30.6. The lowest BCUT2D eigenvalue weighted by molar-refractivity contribution is 0.0678. The first-order chi connectivity index (χ1) is 44.4. The van der Waals surface area contributed by atoms with Crippen molar-refractivity contribution in [2.24, 2.45) is 0 Å². The number of H-pyrrole nitrogens is 3. The minimum Gasteiger partial charge on any atom is -0.381 e. The minimum absolute atomic E-state index is 0.0653. The number of fused-ring (bicyclic) bond motifs is 6. The van der Waals surface area contributed by atoms with E-state index < -0.39 is 0 Å². The van der Waals surface area contributed by atoms with Crippen LogP contribution in [0.1, 0.15) is 98.8 Å². The van der Waals surface area contributed by atoms with E-state index in [1.165, 1.54) is 31.8 Å². The molecule has 2 aliphatic heterocycles. The molecule has 2 saturated heterocycles. The molecule has 24 heteroatoms. The normalized spacial score (nSPS) is 14.7. The van der Waals surface area contributed by atoms with Gasteiger partial charge in [-0.1, -0.05) is 78.3 Å². The average Bonchev–Trinajstić information content (AvgIpc) is 2.00. The summed E-state index contributed by atoms with van der Waals surface area (Å²) in [6.07, 6.45) is 13.4. The number of anilines is 3. The molecule has 2 aliphatic rings. The van der Waals surface area contributed by atoms with Crippen LogP contribution in [0.2, 0.25) is 5.02 Å². The summed E-state index contributed by atoms with van der Waals surface area (Å²) in [6.45, 7) is 15.2. The van der Waals surface area contributed by atoms with E-state index in [0.29, 0.717) is 70.1 Å². The van der Waals surface area contributed by atoms with Crippen molar-refractivity contribution in [2.75, 3.05) is 48.8 Å². The molecule has 3 unspecified atom stereocenters. The second kappa shape index (κ2) is 26.1. The van der Waals surface area contributed by atoms with Crippen molar-refractivity contribution in [1.82, 2.24) is 78.4 Å². The molecule has 91 heavy (non-hydrogen) atoms. The molecule has 6 N–H and O–H groups in total. The van der Waals surface area contributed by atoms with Crippen molar-refractivity contribution in [3.63, 3.8) is 0 Å². The molecule has 0 saturated carbocycles. The Morgan fingerprint density at radius 3 is 1.55 bits per heavy atom. The Bertz CT molecular complexity index is 4970. The summed E-state index contributed by atoms with van der Waals surface area (Å²) >= 11 is 6.38. The molecule has 0 amide bonds. The highest BCUT2D eigenvalue weighted by Crippen LogP contribution is 2.32. The number of hydrogen-bond acceptors (Lipinski definition) is 17. The van der Waals surface area contributed by atoms with Gasteiger partial charge < -0.3 is 49.7 Å². The van der Waals surface area contributed by atoms with Gasteiger partial charge in [-0.3, -0.25) is 19.0 Å². The molecule has 11 heterocycles. The zero-order valence-corrected chi connectivity index (χ0v) is 51.7. The summed E-state index contributed by atoms with van der Waals surface area (Å²) in [5.41, 5.74) is 9.45. The van der Waals surface area contributed by atoms with E-state index in [1.807, 2.05) is 115 Å². The van der Waals surface area contributed by atoms with Crippen molar-refractivity contribution in [1.29, 1.82) is 0 Å². The molecule has 462 valence electrons. The van der Waals surface area contributed by atoms with Gasteiger partial charge in [0.1, 0.15) is 35.5 Å². The first kappa shape index (κ1) is 59.7. The lowest BCUT2D eigenvalue weighted by atomic mass is 10.0. The number of imidazole rings is 3. The fourth-order valence-electron chi connectivity index (χ4n) is 12.6. The Balaban J connectivity index is 0.000000125. The quantitative estimate of drug-likeness (QED) is 0.0590. The van der Waals surface area contributed by atoms with Crippen LogP contribution < -0.4 is 32.6 Å². The van der Waals surface area contributed by atoms with Gasteiger partial charge in [0.2, 0.25) is 0 Å². The Labute approximate surface area is 526 Å². The van der Waals surface area contributed by atoms with Gasteiger partial charge in [-0.05, 0) is 137 Å². The topological polar surface area (TPSA) is 278 Å². The Morgan fingerprint density at radius 1 is 0.527 bits per heavy atom. The molecule has 0 bridgehead atoms. The lowest BCUT2D eigenvalue weighted by Crippen LogP contribution is -2.33. The van der Waals surface area contributed by atoms with Crippen LogP contribution >= 0.6 is 11.6 Å². The van der Waals surface area contributed by atoms with Gasteiger partial charge >= 0.3 is 0 Å². The highest BCUT2D eigenvalue weighted by molar-refractivity contribution is 6.35. The number of aromatic nitrogens is 15. The number of nitrogens with zero attached hydrogens (tertiary/aromatic N) is 13. The van der Waals surface area contributed by atoms with E-state index in [1.54, 1.807) is 29.6 Å². The SMILES string of the molecule is CC(Nc1ncnc2nc[nH]c12)c1cc2cccc(Cl)c2c(=O)n1-c1ccccc1.Cc1cccc2cc(C(C)Nc3ncnc4nc[nH]c34)n(C3CCOCC3)c(=O)c12.Cc1cccc2cc(C(C)Nc3ncnc4nc[nH]c34)n(CCN3CCCC3)c(=O)c12. The molecule has 0 spiro atoms. The summed E-state index contributed by atoms with van der Waals surface area (Å²) in [4.78, 5) is 90.6. The van der Waals surface area contributed by atoms with Gasteiger partial charge in [0.25, 0.3) is 16.7 Å². The zero-order chi connectivity index (χ0) is 62.7. The summed E-state index contributed by atoms with van der Waals surface area (Å²) in [5.74, 6) is 1.96. The molecule has 2 fully saturated rings. The Kier molecular flexibility index (Phi) is 17.1. The van der Waals surface area contributed by atoms with Gasteiger partial charge in [-0.25, -0.2) is 44.9 Å². The van der Waals surface area contributed by atoms with E-state index in [9.17, 15) is 14.4 Å². The third-order valence-electron chi connectivity index (χ3n) is 17.2. The number of halogens is 1. The lowest BCUT2D eigenvalue weighted by Gasteiger charge is -2.30. The van der Waals surface area contributed by atoms with Gasteiger partial charge in [-0.2, -0.15) is 0 Å². The monoisotopic (exact) mass is 1240 g/mol. The van der Waals surface area contributed by atoms with Crippen molar-refractivity contribution in [3.8, 4) is 5.69 Å². The Hall–Kier alpha value is -10.2. The smallest absolute Gasteiger partial charge is 0.264 e. The summed E-state index contributed by atoms with van der Waals surface area (Å²) in [7, 11) is 0. The summed E-state index contributed by atoms with van der Waals surface area (Å²) < 4.78 is 11.2. The highest BCUT2D eigenvalue weighted by atomic mass is 35.5. The van der Waals surface area contributed by atoms with E-state index in [2.05, 4.69) is 107 Å². The van der Waals surface area contributed by atoms with Crippen molar-refractivity contribution in [2.45, 2.75) is 91.0 Å². The van der Waals surface area contributed by atoms with Crippen LogP contribution in [0, 0.1) is 13.8 Å². The number of ether oxygens (including phenoxy) is 1. The maximum Gasteiger partial charge on any atom is 0.264 e. The number of pyridine rings is 3. The number of aromatic amines is 3. The predicted molar refractivity (Wildman–Crippen MR) is 356 cm³/mol. The second-order valence-corrected chi connectivity index (χ2v) is 23.5. The van der Waals surface area contributed by atoms with Gasteiger partial charge in [0, 0.05) is 55.1 Å². The fourth-order valence-corrected chi connectivity index (χ4v) is 12.9. The van der Waals surface area contributed by atoms with Crippen molar-refractivity contribution < 1.29 is 4.74 Å². The molecule has 3 atom stereocenters. The Morgan fingerprint density at radius 2 is 1.00 bits per heavy atom. The summed E-state index contributed by atoms with van der Waals surface area (Å²) in [6, 6.07) is 32.9. The molecule has 23 nitrogen and oxygen atoms in total. The molecule has 15 rings (SSSR count). The van der Waals surface area contributed by atoms with E-state index in [0.717, 1.165) is 104 Å². The number of likely N-dealkylation sites (tertiary alicyclic amines) is 1. The maximum atomic E-state index is 13.6. The maximum absolute atomic E-state index is 13.6. The molecule has 9 aromatic heterocycles. The highest BCUT2D eigenvalue weighted by Gasteiger charge is 2.26. The van der Waals surface area contributed by atoms with Gasteiger partial charge in [0.05, 0.1) is 58.3 Å². The zero-order valence-electron chi connectivity index (χ0n) is 51.0. The van der Waals surface area contributed by atoms with E-state index in [4.69, 9.17) is 16.3 Å². The van der Waals surface area contributed by atoms with Crippen LogP contribution in [-0.2, 0) is 11.3 Å². The third-order valence-corrected chi connectivity index (χ3v) is 17.5. The van der Waals surface area contributed by atoms with Crippen LogP contribution in [0.3, 0.4) is 0 Å². The second-order valence-electron chi connectivity index (χ2n) is 23.1. The number of para-hydroxylation sites is 1. The average molecular weight is 1240 g/mol. The molecular weight excluding hydrogens is 1170 g/mol. The number of nitrogens with one attached hydrogen (secondary N) is 6. The van der Waals surface area contributed by atoms with Crippen LogP contribution in [0.25, 0.3) is 71.5 Å². The van der Waals surface area contributed by atoms with Crippen molar-refractivity contribution >= 4 is 94.9 Å². The fraction of sp³-hybridized carbons (Fsp3) is 0.284. The summed E-state index contributed by atoms with van der Waals surface area (Å²) in [5, 5.41) is 15.6. The van der Waals surface area contributed by atoms with Crippen LogP contribution in [0.15, 0.2) is 155 Å². The molecule has 0 aliphatic carbocycles. The molecule has 4 aromatic carbocycles. The van der Waals surface area contributed by atoms with E-state index in [-0.39, 0.29) is 40.8 Å². The predicted octanol–water partition coefficient (Wildman–Crippen LogP) is 11.2. The number of rotatable bonds is 14. The van der Waals surface area contributed by atoms with Crippen LogP contribution in [0.5, 0.6) is 0 Å². The molecule has 13 aromatic rings. The van der Waals surface area contributed by atoms with Gasteiger partial charge in [0.15, 0.2) is 34.4 Å². The van der Waals surface area contributed by atoms with E-state index >= 15 is 0 Å². The van der Waals surface area contributed by atoms with Crippen LogP contribution in [-0.4, -0.2) is 111 Å². The third kappa shape index (κ3) is 12.1. The first-order valence-corrected chi connectivity index (χ1v) is 31.0. The minimum atomic E-state index is -0.248. The molecular formula is C67H68ClN19O4. The van der Waals surface area contributed by atoms with Crippen molar-refractivity contribution in [3.05, 3.63) is 205 Å². The standard InChI is InChI=1S/C23H27N7O.C22H17ClN6O.C22H24N6O2/c1-15-6-5-7-17-12-18(16(2)28-22-20-21(25-13-24-20)26-14-27-22)30(23(31)19(15)17)11-10-29-8-3-4-9-29;1-13(28-21-19-20(25-11-24-19)26-12-27-21)17-10-14-6-5-9-16(23)18(14)22(30)29(17)15-7-3-2-4-8-15;1-13-4-3-5-15-10-17(28(22(29)18(13)15)16-6-8-30-9-7-16)14(2)27-21-19-20(24-11-23-19)25-12-26-21/h5-7,12-14,16H,3-4,8-11H2,1-2H3,(H2,24,25,26,27,28);2-13H,1H3,(H2,24,25,26,27,28);3-5,10-12,14,16H,6-9H2,1-2H3,(H2,23,24,25,26,27). The van der Waals surface area contributed by atoms with Crippen LogP contribution in [0.4, 0.5) is 17.5 Å². The number of aryl methyl sites for hydroxylation is 2. The largest absolute Gasteiger partial charge is 0.381 e. The van der Waals surface area contributed by atoms with Gasteiger partial charge in [-0.15, -0.1) is 0 Å².